The molecule has 0 radical (unpaired) electrons. The smallest absolute Gasteiger partial charge is 0.266 e. The van der Waals surface area contributed by atoms with E-state index in [1.807, 2.05) is 75.4 Å². The van der Waals surface area contributed by atoms with Gasteiger partial charge in [-0.1, -0.05) is 48.0 Å². The van der Waals surface area contributed by atoms with Crippen molar-refractivity contribution in [3.63, 3.8) is 0 Å². The number of para-hydroxylation sites is 1. The molecular weight excluding hydrogens is 458 g/mol. The SMILES string of the molecule is Cc1c(/C=C(/C#N)C(=O)Nc2cccc(OC(C)C)c2)c2ccccc2n1Cc1ccc(Cl)cc1. The fraction of sp³-hybridized carbons (Fsp3) is 0.172. The highest BCUT2D eigenvalue weighted by Gasteiger charge is 2.16. The molecule has 6 heteroatoms. The van der Waals surface area contributed by atoms with Crippen LogP contribution in [0.4, 0.5) is 5.69 Å². The molecule has 5 nitrogen and oxygen atoms in total. The quantitative estimate of drug-likeness (QED) is 0.227. The zero-order valence-corrected chi connectivity index (χ0v) is 20.6. The second-order valence-corrected chi connectivity index (χ2v) is 8.98. The molecule has 3 aromatic carbocycles. The summed E-state index contributed by atoms with van der Waals surface area (Å²) in [6.45, 7) is 6.52. The van der Waals surface area contributed by atoms with Gasteiger partial charge < -0.3 is 14.6 Å². The Labute approximate surface area is 210 Å². The van der Waals surface area contributed by atoms with E-state index in [0.717, 1.165) is 27.7 Å². The number of benzene rings is 3. The summed E-state index contributed by atoms with van der Waals surface area (Å²) in [5, 5.41) is 14.3. The van der Waals surface area contributed by atoms with Gasteiger partial charge in [0, 0.05) is 45.5 Å². The number of aromatic nitrogens is 1. The molecule has 4 rings (SSSR count). The lowest BCUT2D eigenvalue weighted by Gasteiger charge is -2.11. The number of carbonyl (C=O) groups excluding carboxylic acids is 1. The Balaban J connectivity index is 1.67. The molecule has 4 aromatic rings. The standard InChI is InChI=1S/C29H26ClN3O2/c1-19(2)35-25-8-6-7-24(16-25)32-29(34)22(17-31)15-27-20(3)33(28-10-5-4-9-26(27)28)18-21-11-13-23(30)14-12-21/h4-16,19H,18H2,1-3H3,(H,32,34)/b22-15-. The van der Waals surface area contributed by atoms with E-state index in [9.17, 15) is 10.1 Å². The first-order valence-electron chi connectivity index (χ1n) is 11.4. The van der Waals surface area contributed by atoms with Gasteiger partial charge in [0.15, 0.2) is 0 Å². The first kappa shape index (κ1) is 24.1. The summed E-state index contributed by atoms with van der Waals surface area (Å²) in [5.41, 5.74) is 4.54. The van der Waals surface area contributed by atoms with Gasteiger partial charge in [-0.25, -0.2) is 0 Å². The van der Waals surface area contributed by atoms with Crippen molar-refractivity contribution in [2.45, 2.75) is 33.4 Å². The minimum absolute atomic E-state index is 0.0173. The van der Waals surface area contributed by atoms with Crippen molar-refractivity contribution in [2.24, 2.45) is 0 Å². The number of anilines is 1. The number of hydrogen-bond donors (Lipinski definition) is 1. The van der Waals surface area contributed by atoms with Crippen LogP contribution in [-0.2, 0) is 11.3 Å². The van der Waals surface area contributed by atoms with Crippen molar-refractivity contribution in [2.75, 3.05) is 5.32 Å². The van der Waals surface area contributed by atoms with Crippen LogP contribution in [0.3, 0.4) is 0 Å². The molecule has 0 atom stereocenters. The minimum atomic E-state index is -0.469. The normalized spacial score (nSPS) is 11.5. The van der Waals surface area contributed by atoms with Crippen molar-refractivity contribution in [1.29, 1.82) is 5.26 Å². The van der Waals surface area contributed by atoms with Crippen LogP contribution in [0.5, 0.6) is 5.75 Å². The summed E-state index contributed by atoms with van der Waals surface area (Å²) in [5.74, 6) is 0.185. The Morgan fingerprint density at radius 1 is 1.11 bits per heavy atom. The number of nitrogens with zero attached hydrogens (tertiary/aromatic N) is 2. The summed E-state index contributed by atoms with van der Waals surface area (Å²) < 4.78 is 7.88. The topological polar surface area (TPSA) is 67.1 Å². The van der Waals surface area contributed by atoms with Crippen LogP contribution in [0, 0.1) is 18.3 Å². The fourth-order valence-corrected chi connectivity index (χ4v) is 4.15. The van der Waals surface area contributed by atoms with E-state index in [0.29, 0.717) is 23.0 Å². The van der Waals surface area contributed by atoms with E-state index in [1.54, 1.807) is 24.3 Å². The molecule has 1 heterocycles. The van der Waals surface area contributed by atoms with Gasteiger partial charge in [0.25, 0.3) is 5.91 Å². The van der Waals surface area contributed by atoms with Gasteiger partial charge in [-0.3, -0.25) is 4.79 Å². The van der Waals surface area contributed by atoms with Gasteiger partial charge in [0.2, 0.25) is 0 Å². The average molecular weight is 484 g/mol. The van der Waals surface area contributed by atoms with Gasteiger partial charge in [0.05, 0.1) is 6.10 Å². The summed E-state index contributed by atoms with van der Waals surface area (Å²) in [4.78, 5) is 13.0. The minimum Gasteiger partial charge on any atom is -0.491 e. The summed E-state index contributed by atoms with van der Waals surface area (Å²) in [6, 6.07) is 24.9. The van der Waals surface area contributed by atoms with Crippen molar-refractivity contribution < 1.29 is 9.53 Å². The first-order chi connectivity index (χ1) is 16.9. The monoisotopic (exact) mass is 483 g/mol. The molecule has 1 aromatic heterocycles. The largest absolute Gasteiger partial charge is 0.491 e. The molecule has 35 heavy (non-hydrogen) atoms. The fourth-order valence-electron chi connectivity index (χ4n) is 4.03. The maximum atomic E-state index is 13.0. The number of amides is 1. The molecule has 0 aliphatic heterocycles. The molecule has 0 unspecified atom stereocenters. The third-order valence-corrected chi connectivity index (χ3v) is 5.90. The van der Waals surface area contributed by atoms with Crippen molar-refractivity contribution in [1.82, 2.24) is 4.57 Å². The molecule has 0 spiro atoms. The molecule has 0 fully saturated rings. The summed E-state index contributed by atoms with van der Waals surface area (Å²) in [6.07, 6.45) is 1.68. The predicted molar refractivity (Wildman–Crippen MR) is 142 cm³/mol. The average Bonchev–Trinajstić information content (AvgIpc) is 3.09. The van der Waals surface area contributed by atoms with Crippen LogP contribution >= 0.6 is 11.6 Å². The third-order valence-electron chi connectivity index (χ3n) is 5.65. The van der Waals surface area contributed by atoms with E-state index in [2.05, 4.69) is 16.0 Å². The highest BCUT2D eigenvalue weighted by molar-refractivity contribution is 6.30. The van der Waals surface area contributed by atoms with Crippen LogP contribution in [0.1, 0.15) is 30.7 Å². The number of fused-ring (bicyclic) bond motifs is 1. The highest BCUT2D eigenvalue weighted by atomic mass is 35.5. The zero-order valence-electron chi connectivity index (χ0n) is 19.9. The molecule has 1 N–H and O–H groups in total. The highest BCUT2D eigenvalue weighted by Crippen LogP contribution is 2.29. The lowest BCUT2D eigenvalue weighted by atomic mass is 10.1. The Hall–Kier alpha value is -4.01. The van der Waals surface area contributed by atoms with Crippen LogP contribution in [-0.4, -0.2) is 16.6 Å². The first-order valence-corrected chi connectivity index (χ1v) is 11.8. The summed E-state index contributed by atoms with van der Waals surface area (Å²) >= 11 is 6.05. The van der Waals surface area contributed by atoms with Crippen LogP contribution in [0.2, 0.25) is 5.02 Å². The number of carbonyl (C=O) groups is 1. The van der Waals surface area contributed by atoms with Crippen molar-refractivity contribution in [3.05, 3.63) is 100 Å². The van der Waals surface area contributed by atoms with E-state index in [-0.39, 0.29) is 11.7 Å². The molecule has 0 bridgehead atoms. The number of ether oxygens (including phenoxy) is 1. The van der Waals surface area contributed by atoms with Crippen LogP contribution < -0.4 is 10.1 Å². The number of nitrogens with one attached hydrogen (secondary N) is 1. The molecular formula is C29H26ClN3O2. The second-order valence-electron chi connectivity index (χ2n) is 8.55. The molecule has 1 amide bonds. The molecule has 176 valence electrons. The maximum absolute atomic E-state index is 13.0. The Bertz CT molecular complexity index is 1440. The number of nitriles is 1. The zero-order chi connectivity index (χ0) is 24.9. The summed E-state index contributed by atoms with van der Waals surface area (Å²) in [7, 11) is 0. The van der Waals surface area contributed by atoms with E-state index in [4.69, 9.17) is 16.3 Å². The predicted octanol–water partition coefficient (Wildman–Crippen LogP) is 6.98. The van der Waals surface area contributed by atoms with E-state index >= 15 is 0 Å². The number of rotatable bonds is 7. The number of halogens is 1. The van der Waals surface area contributed by atoms with Gasteiger partial charge >= 0.3 is 0 Å². The lowest BCUT2D eigenvalue weighted by molar-refractivity contribution is -0.112. The number of hydrogen-bond acceptors (Lipinski definition) is 3. The second kappa shape index (κ2) is 10.5. The third kappa shape index (κ3) is 5.56. The van der Waals surface area contributed by atoms with Crippen molar-refractivity contribution in [3.8, 4) is 11.8 Å². The van der Waals surface area contributed by atoms with E-state index < -0.39 is 5.91 Å². The Morgan fingerprint density at radius 3 is 2.57 bits per heavy atom. The Morgan fingerprint density at radius 2 is 1.86 bits per heavy atom. The van der Waals surface area contributed by atoms with Crippen molar-refractivity contribution >= 4 is 40.2 Å². The van der Waals surface area contributed by atoms with Gasteiger partial charge in [0.1, 0.15) is 17.4 Å². The molecule has 0 saturated heterocycles. The molecule has 0 aliphatic carbocycles. The van der Waals surface area contributed by atoms with Crippen LogP contribution in [0.15, 0.2) is 78.4 Å². The molecule has 0 saturated carbocycles. The van der Waals surface area contributed by atoms with Crippen LogP contribution in [0.25, 0.3) is 17.0 Å². The maximum Gasteiger partial charge on any atom is 0.266 e. The van der Waals surface area contributed by atoms with Gasteiger partial charge in [-0.2, -0.15) is 5.26 Å². The van der Waals surface area contributed by atoms with Gasteiger partial charge in [-0.15, -0.1) is 0 Å². The Kier molecular flexibility index (Phi) is 7.24. The van der Waals surface area contributed by atoms with Gasteiger partial charge in [-0.05, 0) is 62.7 Å². The molecule has 0 aliphatic rings. The van der Waals surface area contributed by atoms with E-state index in [1.165, 1.54) is 0 Å². The lowest BCUT2D eigenvalue weighted by Crippen LogP contribution is -2.14.